The molecule has 0 aliphatic carbocycles. The Bertz CT molecular complexity index is 3210. The molecular weight excluding hydrogens is 863 g/mol. The first-order chi connectivity index (χ1) is 32.4. The maximum Gasteiger partial charge on any atom is 0.341 e. The van der Waals surface area contributed by atoms with Gasteiger partial charge in [0.25, 0.3) is 0 Å². The molecule has 68 heavy (non-hydrogen) atoms. The van der Waals surface area contributed by atoms with Crippen molar-refractivity contribution in [2.24, 2.45) is 0 Å². The van der Waals surface area contributed by atoms with Gasteiger partial charge in [0.1, 0.15) is 31.1 Å². The molecule has 3 aromatic heterocycles. The van der Waals surface area contributed by atoms with Crippen molar-refractivity contribution in [3.05, 3.63) is 106 Å². The zero-order valence-electron chi connectivity index (χ0n) is 41.4. The third-order valence-electron chi connectivity index (χ3n) is 14.7. The van der Waals surface area contributed by atoms with E-state index in [-0.39, 0.29) is 34.5 Å². The summed E-state index contributed by atoms with van der Waals surface area (Å²) in [6.45, 7) is 27.7. The van der Waals surface area contributed by atoms with E-state index in [2.05, 4.69) is 76.6 Å². The number of benzene rings is 3. The topological polar surface area (TPSA) is 144 Å². The van der Waals surface area contributed by atoms with E-state index in [0.29, 0.717) is 36.5 Å². The van der Waals surface area contributed by atoms with Crippen molar-refractivity contribution in [1.29, 1.82) is 0 Å². The first-order valence-electron chi connectivity index (χ1n) is 23.9. The summed E-state index contributed by atoms with van der Waals surface area (Å²) in [5.74, 6) is 1.28. The molecule has 5 aliphatic rings. The molecule has 11 rings (SSSR count). The summed E-state index contributed by atoms with van der Waals surface area (Å²) >= 11 is 0. The Labute approximate surface area is 396 Å². The predicted molar refractivity (Wildman–Crippen MR) is 270 cm³/mol. The van der Waals surface area contributed by atoms with Crippen molar-refractivity contribution in [2.75, 3.05) is 96.1 Å². The van der Waals surface area contributed by atoms with Crippen LogP contribution in [0.4, 0.5) is 11.4 Å². The lowest BCUT2D eigenvalue weighted by Crippen LogP contribution is -2.45. The number of carbonyl (C=O) groups is 1. The highest BCUT2D eigenvalue weighted by atomic mass is 16.5. The molecule has 5 aliphatic heterocycles. The van der Waals surface area contributed by atoms with E-state index in [4.69, 9.17) is 14.2 Å². The molecule has 8 heterocycles. The van der Waals surface area contributed by atoms with Gasteiger partial charge in [-0.1, -0.05) is 0 Å². The highest BCUT2D eigenvalue weighted by Crippen LogP contribution is 2.44. The van der Waals surface area contributed by atoms with E-state index < -0.39 is 11.4 Å². The maximum absolute atomic E-state index is 12.7. The van der Waals surface area contributed by atoms with Crippen molar-refractivity contribution in [2.45, 2.75) is 80.4 Å². The van der Waals surface area contributed by atoms with E-state index in [1.807, 2.05) is 63.7 Å². The second-order valence-corrected chi connectivity index (χ2v) is 19.8. The number of carboxylic acid groups (broad SMARTS) is 1. The molecular formula is C53H65N7O8. The summed E-state index contributed by atoms with van der Waals surface area (Å²) in [7, 11) is 4.27. The summed E-state index contributed by atoms with van der Waals surface area (Å²) < 4.78 is 24.4. The number of carboxylic acids is 1. The van der Waals surface area contributed by atoms with E-state index in [1.165, 1.54) is 11.9 Å². The highest BCUT2D eigenvalue weighted by Gasteiger charge is 2.31. The zero-order chi connectivity index (χ0) is 48.6. The van der Waals surface area contributed by atoms with E-state index in [1.54, 1.807) is 0 Å². The molecule has 2 fully saturated rings. The Morgan fingerprint density at radius 1 is 0.500 bits per heavy atom. The van der Waals surface area contributed by atoms with Crippen LogP contribution in [0.5, 0.6) is 17.2 Å². The third-order valence-corrected chi connectivity index (χ3v) is 14.7. The van der Waals surface area contributed by atoms with Gasteiger partial charge < -0.3 is 52.6 Å². The Balaban J connectivity index is 0.000000130. The number of aryl methyl sites for hydroxylation is 5. The number of likely N-dealkylation sites (N-methyl/N-ethyl adjacent to an activating group) is 2. The van der Waals surface area contributed by atoms with Crippen molar-refractivity contribution in [3.63, 3.8) is 0 Å². The molecule has 0 unspecified atom stereocenters. The monoisotopic (exact) mass is 927 g/mol. The second kappa shape index (κ2) is 18.0. The van der Waals surface area contributed by atoms with Crippen molar-refractivity contribution in [1.82, 2.24) is 23.5 Å². The number of ether oxygens (including phenoxy) is 3. The van der Waals surface area contributed by atoms with E-state index in [9.17, 15) is 24.3 Å². The molecule has 0 spiro atoms. The van der Waals surface area contributed by atoms with Gasteiger partial charge in [-0.2, -0.15) is 0 Å². The van der Waals surface area contributed by atoms with Gasteiger partial charge in [-0.25, -0.2) is 4.79 Å². The van der Waals surface area contributed by atoms with Crippen LogP contribution in [0, 0.1) is 41.5 Å². The van der Waals surface area contributed by atoms with E-state index in [0.717, 1.165) is 125 Å². The van der Waals surface area contributed by atoms with Crippen molar-refractivity contribution < 1.29 is 24.1 Å². The molecule has 0 bridgehead atoms. The summed E-state index contributed by atoms with van der Waals surface area (Å²) in [5.41, 5.74) is 10.3. The molecule has 360 valence electrons. The van der Waals surface area contributed by atoms with Gasteiger partial charge in [0.05, 0.1) is 62.2 Å². The van der Waals surface area contributed by atoms with E-state index >= 15 is 0 Å². The minimum Gasteiger partial charge on any atom is -0.489 e. The number of pyridine rings is 3. The number of nitrogens with zero attached hydrogens (tertiary/aromatic N) is 7. The highest BCUT2D eigenvalue weighted by molar-refractivity contribution is 5.98. The van der Waals surface area contributed by atoms with Gasteiger partial charge in [-0.15, -0.1) is 0 Å². The second-order valence-electron chi connectivity index (χ2n) is 19.8. The average molecular weight is 928 g/mol. The SMILES string of the molecule is Cc1cc2c(=O)c(C(=O)O)cn3c2c(c1N1CCN(C)CC1)OC[C@@H]3C.Cc1cc2c(=O)c(C)cn3c2c(c1C)OC[C@@H]3C.Cc1cc2c(=O)c(C)cn3c2c(c1N1CCN(C)CC1)OC[C@@H]3C. The van der Waals surface area contributed by atoms with Gasteiger partial charge in [-0.3, -0.25) is 14.4 Å². The molecule has 3 aromatic carbocycles. The number of hydrogen-bond acceptors (Lipinski definition) is 11. The van der Waals surface area contributed by atoms with Crippen molar-refractivity contribution >= 4 is 50.1 Å². The number of rotatable bonds is 3. The number of anilines is 2. The minimum absolute atomic E-state index is 0.0354. The molecule has 15 nitrogen and oxygen atoms in total. The smallest absolute Gasteiger partial charge is 0.341 e. The van der Waals surface area contributed by atoms with Gasteiger partial charge in [0.2, 0.25) is 5.43 Å². The molecule has 0 radical (unpaired) electrons. The Morgan fingerprint density at radius 2 is 0.853 bits per heavy atom. The van der Waals surface area contributed by atoms with Crippen LogP contribution in [0.3, 0.4) is 0 Å². The van der Waals surface area contributed by atoms with Crippen LogP contribution in [0.15, 0.2) is 51.2 Å². The molecule has 3 atom stereocenters. The van der Waals surface area contributed by atoms with Crippen LogP contribution in [0.1, 0.15) is 82.6 Å². The van der Waals surface area contributed by atoms with Crippen LogP contribution in [0.2, 0.25) is 0 Å². The standard InChI is InChI=1S/C19H23N3O4.C19H25N3O2.C15H17NO2/c1-11-8-13-16-18(15(11)21-6-4-20(3)5-7-21)26-10-12(2)22(16)9-14(17(13)23)19(24)25;1-12-9-15-17-19(16(12)21-7-5-20(4)6-8-21)24-11-14(3)22(17)10-13(2)18(15)23;1-8-5-12-13-15(11(8)4)18-7-10(3)16(13)6-9(2)14(12)17/h8-9,12H,4-7,10H2,1-3H3,(H,24,25);9-10,14H,5-8,11H2,1-4H3;5-6,10H,7H2,1-4H3/t12-;14-;10-/m000/s1. The Hall–Kier alpha value is -6.32. The van der Waals surface area contributed by atoms with Crippen LogP contribution < -0.4 is 40.3 Å². The quantitative estimate of drug-likeness (QED) is 0.197. The Kier molecular flexibility index (Phi) is 12.4. The van der Waals surface area contributed by atoms with Crippen LogP contribution in [-0.2, 0) is 0 Å². The van der Waals surface area contributed by atoms with Gasteiger partial charge >= 0.3 is 5.97 Å². The molecule has 1 N–H and O–H groups in total. The fourth-order valence-electron chi connectivity index (χ4n) is 10.5. The number of piperazine rings is 2. The molecule has 2 saturated heterocycles. The number of aromatic nitrogens is 3. The summed E-state index contributed by atoms with van der Waals surface area (Å²) in [4.78, 5) is 58.5. The van der Waals surface area contributed by atoms with Crippen molar-refractivity contribution in [3.8, 4) is 17.2 Å². The Morgan fingerprint density at radius 3 is 1.26 bits per heavy atom. The lowest BCUT2D eigenvalue weighted by Gasteiger charge is -2.37. The average Bonchev–Trinajstić information content (AvgIpc) is 3.30. The third kappa shape index (κ3) is 7.96. The van der Waals surface area contributed by atoms with Gasteiger partial charge in [0.15, 0.2) is 22.4 Å². The zero-order valence-corrected chi connectivity index (χ0v) is 41.4. The van der Waals surface area contributed by atoms with Crippen LogP contribution in [0.25, 0.3) is 32.7 Å². The largest absolute Gasteiger partial charge is 0.489 e. The predicted octanol–water partition coefficient (Wildman–Crippen LogP) is 6.92. The van der Waals surface area contributed by atoms with Crippen LogP contribution in [-0.4, -0.2) is 121 Å². The van der Waals surface area contributed by atoms with Gasteiger partial charge in [0, 0.05) is 82.1 Å². The minimum atomic E-state index is -1.19. The molecule has 6 aromatic rings. The fraction of sp³-hybridized carbons (Fsp3) is 0.472. The molecule has 15 heteroatoms. The maximum atomic E-state index is 12.7. The normalized spacial score (nSPS) is 20.0. The number of aromatic carboxylic acids is 1. The summed E-state index contributed by atoms with van der Waals surface area (Å²) in [6, 6.07) is 6.33. The number of hydrogen-bond donors (Lipinski definition) is 1. The first kappa shape index (κ1) is 46.8. The molecule has 0 amide bonds. The summed E-state index contributed by atoms with van der Waals surface area (Å²) in [5, 5.41) is 11.4. The molecule has 0 saturated carbocycles. The first-order valence-corrected chi connectivity index (χ1v) is 23.9. The van der Waals surface area contributed by atoms with Crippen LogP contribution >= 0.6 is 0 Å². The lowest BCUT2D eigenvalue weighted by molar-refractivity contribution is 0.0694. The fourth-order valence-corrected chi connectivity index (χ4v) is 10.5. The van der Waals surface area contributed by atoms with Gasteiger partial charge in [-0.05, 0) is 117 Å². The summed E-state index contributed by atoms with van der Waals surface area (Å²) in [6.07, 6.45) is 5.41. The lowest BCUT2D eigenvalue weighted by atomic mass is 10.0.